The molecule has 3 nitrogen and oxygen atoms in total. The molecule has 0 amide bonds. The van der Waals surface area contributed by atoms with E-state index in [0.717, 1.165) is 13.2 Å². The number of nitrogens with zero attached hydrogens (tertiary/aromatic N) is 1. The van der Waals surface area contributed by atoms with Crippen molar-refractivity contribution in [3.8, 4) is 0 Å². The number of H-pyrrole nitrogens is 1. The van der Waals surface area contributed by atoms with E-state index in [-0.39, 0.29) is 17.0 Å². The largest absolute Gasteiger partial charge is 1.00 e. The summed E-state index contributed by atoms with van der Waals surface area (Å²) in [6, 6.07) is 0. The van der Waals surface area contributed by atoms with Crippen LogP contribution in [0.1, 0.15) is 0 Å². The van der Waals surface area contributed by atoms with Gasteiger partial charge >= 0.3 is 0 Å². The van der Waals surface area contributed by atoms with E-state index in [2.05, 4.69) is 9.55 Å². The molecule has 1 unspecified atom stereocenters. The van der Waals surface area contributed by atoms with Gasteiger partial charge < -0.3 is 21.7 Å². The molecule has 0 aromatic carbocycles. The maximum atomic E-state index is 5.05. The summed E-state index contributed by atoms with van der Waals surface area (Å²) in [7, 11) is 0. The number of nitrogens with one attached hydrogen (secondary N) is 1. The normalized spacial score (nSPS) is 21.8. The molecule has 1 fully saturated rings. The minimum atomic E-state index is 0. The Kier molecular flexibility index (Phi) is 2.45. The molecule has 4 heteroatoms. The van der Waals surface area contributed by atoms with E-state index in [4.69, 9.17) is 4.74 Å². The van der Waals surface area contributed by atoms with E-state index in [1.807, 2.05) is 18.7 Å². The van der Waals surface area contributed by atoms with Gasteiger partial charge in [0.2, 0.25) is 6.33 Å². The van der Waals surface area contributed by atoms with Crippen LogP contribution >= 0.6 is 0 Å². The average Bonchev–Trinajstić information content (AvgIpc) is 2.46. The fourth-order valence-electron chi connectivity index (χ4n) is 0.843. The standard InChI is InChI=1S/C6H8N2O.BrH/c1-2-8(5-7-1)3-6-4-9-6;/h1-2,5-6H,3-4H2;1H. The van der Waals surface area contributed by atoms with Gasteiger partial charge in [-0.2, -0.15) is 0 Å². The molecule has 1 saturated heterocycles. The second-order valence-electron chi connectivity index (χ2n) is 2.26. The Bertz CT molecular complexity index is 184. The first kappa shape index (κ1) is 7.75. The molecule has 0 bridgehead atoms. The number of ether oxygens (including phenoxy) is 1. The summed E-state index contributed by atoms with van der Waals surface area (Å²) in [5.74, 6) is 0. The third-order valence-electron chi connectivity index (χ3n) is 1.42. The zero-order valence-electron chi connectivity index (χ0n) is 5.46. The van der Waals surface area contributed by atoms with Crippen LogP contribution in [0.25, 0.3) is 0 Å². The van der Waals surface area contributed by atoms with Gasteiger partial charge in [0, 0.05) is 0 Å². The molecule has 2 heterocycles. The Labute approximate surface area is 69.8 Å². The lowest BCUT2D eigenvalue weighted by molar-refractivity contribution is -0.696. The van der Waals surface area contributed by atoms with E-state index >= 15 is 0 Å². The van der Waals surface area contributed by atoms with Gasteiger partial charge in [0.1, 0.15) is 25.0 Å². The minimum absolute atomic E-state index is 0. The van der Waals surface area contributed by atoms with Crippen LogP contribution in [-0.4, -0.2) is 17.7 Å². The molecule has 2 rings (SSSR count). The highest BCUT2D eigenvalue weighted by molar-refractivity contribution is 4.64. The van der Waals surface area contributed by atoms with Crippen molar-refractivity contribution in [2.24, 2.45) is 0 Å². The van der Waals surface area contributed by atoms with E-state index in [0.29, 0.717) is 6.10 Å². The Morgan fingerprint density at radius 3 is 3.00 bits per heavy atom. The van der Waals surface area contributed by atoms with E-state index in [9.17, 15) is 0 Å². The van der Waals surface area contributed by atoms with Crippen LogP contribution in [0.2, 0.25) is 0 Å². The van der Waals surface area contributed by atoms with Crippen LogP contribution < -0.4 is 21.5 Å². The molecule has 1 aromatic rings. The number of aromatic amines is 1. The van der Waals surface area contributed by atoms with Crippen molar-refractivity contribution >= 4 is 0 Å². The first-order valence-corrected chi connectivity index (χ1v) is 3.08. The smallest absolute Gasteiger partial charge is 0.241 e. The number of rotatable bonds is 2. The summed E-state index contributed by atoms with van der Waals surface area (Å²) >= 11 is 0. The molecule has 56 valence electrons. The maximum Gasteiger partial charge on any atom is 0.241 e. The third-order valence-corrected chi connectivity index (χ3v) is 1.42. The predicted octanol–water partition coefficient (Wildman–Crippen LogP) is -3.29. The van der Waals surface area contributed by atoms with Gasteiger partial charge in [-0.25, -0.2) is 4.57 Å². The van der Waals surface area contributed by atoms with Crippen molar-refractivity contribution < 1.29 is 26.3 Å². The van der Waals surface area contributed by atoms with Crippen molar-refractivity contribution in [1.82, 2.24) is 4.98 Å². The SMILES string of the molecule is [Br-].c1c[n+](CC2CO2)c[nH]1. The molecule has 0 saturated carbocycles. The summed E-state index contributed by atoms with van der Waals surface area (Å²) in [4.78, 5) is 2.97. The second kappa shape index (κ2) is 3.16. The van der Waals surface area contributed by atoms with Crippen LogP contribution in [0.5, 0.6) is 0 Å². The quantitative estimate of drug-likeness (QED) is 0.398. The first-order chi connectivity index (χ1) is 4.45. The molecule has 0 spiro atoms. The van der Waals surface area contributed by atoms with Gasteiger partial charge in [-0.1, -0.05) is 0 Å². The van der Waals surface area contributed by atoms with Crippen LogP contribution in [0.4, 0.5) is 0 Å². The molecule has 1 aliphatic rings. The summed E-state index contributed by atoms with van der Waals surface area (Å²) in [5, 5.41) is 0. The van der Waals surface area contributed by atoms with E-state index in [1.165, 1.54) is 0 Å². The van der Waals surface area contributed by atoms with Gasteiger partial charge in [-0.15, -0.1) is 0 Å². The fourth-order valence-corrected chi connectivity index (χ4v) is 0.843. The molecular formula is C6H9BrN2O. The van der Waals surface area contributed by atoms with Crippen molar-refractivity contribution in [3.05, 3.63) is 18.7 Å². The van der Waals surface area contributed by atoms with Gasteiger partial charge in [0.25, 0.3) is 0 Å². The van der Waals surface area contributed by atoms with E-state index in [1.54, 1.807) is 0 Å². The second-order valence-corrected chi connectivity index (χ2v) is 2.26. The van der Waals surface area contributed by atoms with Gasteiger partial charge in [-0.3, -0.25) is 4.98 Å². The lowest BCUT2D eigenvalue weighted by Gasteiger charge is -1.85. The van der Waals surface area contributed by atoms with Crippen molar-refractivity contribution in [2.75, 3.05) is 6.61 Å². The lowest BCUT2D eigenvalue weighted by atomic mass is 10.5. The van der Waals surface area contributed by atoms with Crippen LogP contribution in [0.15, 0.2) is 18.7 Å². The highest BCUT2D eigenvalue weighted by atomic mass is 79.9. The summed E-state index contributed by atoms with van der Waals surface area (Å²) in [6.07, 6.45) is 6.32. The monoisotopic (exact) mass is 204 g/mol. The number of epoxide rings is 1. The fraction of sp³-hybridized carbons (Fsp3) is 0.500. The van der Waals surface area contributed by atoms with Crippen molar-refractivity contribution in [1.29, 1.82) is 0 Å². The van der Waals surface area contributed by atoms with E-state index < -0.39 is 0 Å². The van der Waals surface area contributed by atoms with Gasteiger partial charge in [0.15, 0.2) is 0 Å². The highest BCUT2D eigenvalue weighted by Gasteiger charge is 2.24. The average molecular weight is 205 g/mol. The Morgan fingerprint density at radius 2 is 2.50 bits per heavy atom. The first-order valence-electron chi connectivity index (χ1n) is 3.08. The van der Waals surface area contributed by atoms with Crippen LogP contribution in [0.3, 0.4) is 0 Å². The highest BCUT2D eigenvalue weighted by Crippen LogP contribution is 2.07. The molecule has 1 aromatic heterocycles. The van der Waals surface area contributed by atoms with Gasteiger partial charge in [-0.05, 0) is 0 Å². The number of hydrogen-bond acceptors (Lipinski definition) is 1. The van der Waals surface area contributed by atoms with Crippen molar-refractivity contribution in [2.45, 2.75) is 12.6 Å². The summed E-state index contributed by atoms with van der Waals surface area (Å²) < 4.78 is 7.13. The third kappa shape index (κ3) is 1.82. The molecule has 0 radical (unpaired) electrons. The maximum absolute atomic E-state index is 5.05. The Hall–Kier alpha value is -0.350. The number of aromatic nitrogens is 2. The summed E-state index contributed by atoms with van der Waals surface area (Å²) in [6.45, 7) is 1.92. The Balaban J connectivity index is 0.000000500. The topological polar surface area (TPSA) is 32.2 Å². The number of hydrogen-bond donors (Lipinski definition) is 1. The van der Waals surface area contributed by atoms with Crippen molar-refractivity contribution in [3.63, 3.8) is 0 Å². The summed E-state index contributed by atoms with van der Waals surface area (Å²) in [5.41, 5.74) is 0. The zero-order chi connectivity index (χ0) is 6.10. The molecule has 1 N–H and O–H groups in total. The molecule has 1 atom stereocenters. The lowest BCUT2D eigenvalue weighted by Crippen LogP contribution is -3.00. The Morgan fingerprint density at radius 1 is 1.70 bits per heavy atom. The zero-order valence-corrected chi connectivity index (χ0v) is 7.04. The molecule has 10 heavy (non-hydrogen) atoms. The van der Waals surface area contributed by atoms with Crippen LogP contribution in [-0.2, 0) is 11.3 Å². The van der Waals surface area contributed by atoms with Gasteiger partial charge in [0.05, 0.1) is 6.61 Å². The number of imidazole rings is 1. The van der Waals surface area contributed by atoms with Crippen LogP contribution in [0, 0.1) is 0 Å². The number of halogens is 1. The predicted molar refractivity (Wildman–Crippen MR) is 30.7 cm³/mol. The molecular weight excluding hydrogens is 196 g/mol. The minimum Gasteiger partial charge on any atom is -1.00 e. The molecule has 1 aliphatic heterocycles. The molecule has 0 aliphatic carbocycles.